The molecule has 1 heterocycles. The fraction of sp³-hybridized carbons (Fsp3) is 0.0566. The van der Waals surface area contributed by atoms with Gasteiger partial charge in [-0.2, -0.15) is 0 Å². The van der Waals surface area contributed by atoms with Crippen LogP contribution in [-0.2, 0) is 5.41 Å². The molecule has 2 nitrogen and oxygen atoms in total. The Balaban J connectivity index is 1.06. The summed E-state index contributed by atoms with van der Waals surface area (Å²) in [5.74, 6) is 0. The summed E-state index contributed by atoms with van der Waals surface area (Å²) in [5, 5.41) is 1.26. The van der Waals surface area contributed by atoms with E-state index in [4.69, 9.17) is 0 Å². The third-order valence-electron chi connectivity index (χ3n) is 11.4. The molecule has 1 aliphatic carbocycles. The average molecular weight is 705 g/mol. The Kier molecular flexibility index (Phi) is 7.85. The lowest BCUT2D eigenvalue weighted by Gasteiger charge is -2.28. The molecule has 262 valence electrons. The first-order valence-electron chi connectivity index (χ1n) is 19.1. The van der Waals surface area contributed by atoms with Crippen molar-refractivity contribution in [3.05, 3.63) is 218 Å². The highest BCUT2D eigenvalue weighted by Crippen LogP contribution is 2.52. The second-order valence-electron chi connectivity index (χ2n) is 15.0. The summed E-state index contributed by atoms with van der Waals surface area (Å²) in [6.45, 7) is 4.76. The van der Waals surface area contributed by atoms with E-state index in [0.29, 0.717) is 0 Å². The first-order chi connectivity index (χ1) is 27.0. The van der Waals surface area contributed by atoms with Crippen LogP contribution >= 0.6 is 0 Å². The second-order valence-corrected chi connectivity index (χ2v) is 15.0. The summed E-state index contributed by atoms with van der Waals surface area (Å²) in [6.07, 6.45) is 2.30. The van der Waals surface area contributed by atoms with E-state index in [1.807, 2.05) is 0 Å². The SMILES string of the molecule is CC1(C)c2cc(-c3cn(-c4ccccc4)c4ccccc34)ccc2-c2ccc(N(c3ccc(-c4ccccc4)cc3)c3ccc(-c4ccccc4)cc3)cc21. The molecule has 0 bridgehead atoms. The van der Waals surface area contributed by atoms with Crippen LogP contribution in [-0.4, -0.2) is 4.57 Å². The highest BCUT2D eigenvalue weighted by molar-refractivity contribution is 5.98. The van der Waals surface area contributed by atoms with Gasteiger partial charge in [0.25, 0.3) is 0 Å². The van der Waals surface area contributed by atoms with E-state index in [1.54, 1.807) is 0 Å². The molecule has 0 aliphatic heterocycles. The van der Waals surface area contributed by atoms with Crippen LogP contribution in [0.15, 0.2) is 206 Å². The van der Waals surface area contributed by atoms with E-state index >= 15 is 0 Å². The normalized spacial score (nSPS) is 12.7. The summed E-state index contributed by atoms with van der Waals surface area (Å²) >= 11 is 0. The molecule has 0 saturated carbocycles. The largest absolute Gasteiger partial charge is 0.316 e. The minimum absolute atomic E-state index is 0.200. The second kappa shape index (κ2) is 13.2. The van der Waals surface area contributed by atoms with Crippen LogP contribution in [0.2, 0.25) is 0 Å². The number of hydrogen-bond acceptors (Lipinski definition) is 1. The number of para-hydroxylation sites is 2. The number of rotatable bonds is 7. The molecule has 0 spiro atoms. The van der Waals surface area contributed by atoms with E-state index in [1.165, 1.54) is 72.2 Å². The van der Waals surface area contributed by atoms with Gasteiger partial charge in [-0.1, -0.05) is 153 Å². The van der Waals surface area contributed by atoms with Crippen LogP contribution in [0.25, 0.3) is 61.1 Å². The van der Waals surface area contributed by atoms with Gasteiger partial charge in [0, 0.05) is 45.3 Å². The van der Waals surface area contributed by atoms with Crippen LogP contribution in [0.3, 0.4) is 0 Å². The molecule has 8 aromatic carbocycles. The van der Waals surface area contributed by atoms with Crippen LogP contribution in [0.4, 0.5) is 17.1 Å². The van der Waals surface area contributed by atoms with Crippen molar-refractivity contribution >= 4 is 28.0 Å². The van der Waals surface area contributed by atoms with Gasteiger partial charge in [0.2, 0.25) is 0 Å². The minimum Gasteiger partial charge on any atom is -0.316 e. The maximum atomic E-state index is 2.44. The van der Waals surface area contributed by atoms with Gasteiger partial charge in [0.1, 0.15) is 0 Å². The van der Waals surface area contributed by atoms with E-state index in [-0.39, 0.29) is 5.41 Å². The summed E-state index contributed by atoms with van der Waals surface area (Å²) in [4.78, 5) is 2.40. The van der Waals surface area contributed by atoms with Gasteiger partial charge in [-0.05, 0) is 111 Å². The predicted octanol–water partition coefficient (Wildman–Crippen LogP) is 14.4. The van der Waals surface area contributed by atoms with E-state index < -0.39 is 0 Å². The molecule has 1 aliphatic rings. The molecule has 0 fully saturated rings. The molecule has 0 N–H and O–H groups in total. The molecule has 0 amide bonds. The monoisotopic (exact) mass is 704 g/mol. The highest BCUT2D eigenvalue weighted by Gasteiger charge is 2.36. The van der Waals surface area contributed by atoms with E-state index in [2.05, 4.69) is 230 Å². The maximum Gasteiger partial charge on any atom is 0.0534 e. The maximum absolute atomic E-state index is 2.44. The highest BCUT2D eigenvalue weighted by atomic mass is 15.1. The molecular weight excluding hydrogens is 665 g/mol. The lowest BCUT2D eigenvalue weighted by atomic mass is 9.81. The van der Waals surface area contributed by atoms with Gasteiger partial charge in [-0.25, -0.2) is 0 Å². The zero-order chi connectivity index (χ0) is 36.9. The fourth-order valence-corrected chi connectivity index (χ4v) is 8.56. The molecule has 0 unspecified atom stereocenters. The molecule has 9 aromatic rings. The summed E-state index contributed by atoms with van der Waals surface area (Å²) < 4.78 is 2.32. The van der Waals surface area contributed by atoms with Crippen molar-refractivity contribution in [3.8, 4) is 50.2 Å². The van der Waals surface area contributed by atoms with Gasteiger partial charge in [0.15, 0.2) is 0 Å². The van der Waals surface area contributed by atoms with Crippen molar-refractivity contribution in [3.63, 3.8) is 0 Å². The van der Waals surface area contributed by atoms with Crippen molar-refractivity contribution in [2.45, 2.75) is 19.3 Å². The van der Waals surface area contributed by atoms with Crippen molar-refractivity contribution in [1.29, 1.82) is 0 Å². The Bertz CT molecular complexity index is 2710. The smallest absolute Gasteiger partial charge is 0.0534 e. The molecule has 10 rings (SSSR count). The van der Waals surface area contributed by atoms with Crippen LogP contribution in [0, 0.1) is 0 Å². The minimum atomic E-state index is -0.200. The Morgan fingerprint density at radius 2 is 0.836 bits per heavy atom. The summed E-state index contributed by atoms with van der Waals surface area (Å²) in [6, 6.07) is 72.7. The van der Waals surface area contributed by atoms with E-state index in [9.17, 15) is 0 Å². The molecule has 1 aromatic heterocycles. The molecule has 55 heavy (non-hydrogen) atoms. The lowest BCUT2D eigenvalue weighted by Crippen LogP contribution is -2.16. The summed E-state index contributed by atoms with van der Waals surface area (Å²) in [5.41, 5.74) is 18.2. The molecule has 0 saturated heterocycles. The summed E-state index contributed by atoms with van der Waals surface area (Å²) in [7, 11) is 0. The van der Waals surface area contributed by atoms with Crippen LogP contribution < -0.4 is 4.90 Å². The predicted molar refractivity (Wildman–Crippen MR) is 232 cm³/mol. The average Bonchev–Trinajstić information content (AvgIpc) is 3.74. The lowest BCUT2D eigenvalue weighted by molar-refractivity contribution is 0.660. The Hall–Kier alpha value is -6.90. The van der Waals surface area contributed by atoms with Crippen molar-refractivity contribution in [2.24, 2.45) is 0 Å². The molecule has 0 atom stereocenters. The van der Waals surface area contributed by atoms with Crippen LogP contribution in [0.1, 0.15) is 25.0 Å². The van der Waals surface area contributed by atoms with Gasteiger partial charge in [0.05, 0.1) is 5.52 Å². The van der Waals surface area contributed by atoms with Gasteiger partial charge < -0.3 is 9.47 Å². The Morgan fingerprint density at radius 1 is 0.382 bits per heavy atom. The van der Waals surface area contributed by atoms with E-state index in [0.717, 1.165) is 17.1 Å². The number of aromatic nitrogens is 1. The van der Waals surface area contributed by atoms with Crippen molar-refractivity contribution in [1.82, 2.24) is 4.57 Å². The molecular formula is C53H40N2. The first kappa shape index (κ1) is 32.7. The molecule has 2 heteroatoms. The van der Waals surface area contributed by atoms with Crippen molar-refractivity contribution in [2.75, 3.05) is 4.90 Å². The third-order valence-corrected chi connectivity index (χ3v) is 11.4. The number of hydrogen-bond donors (Lipinski definition) is 0. The third kappa shape index (κ3) is 5.66. The Labute approximate surface area is 323 Å². The number of anilines is 3. The van der Waals surface area contributed by atoms with Gasteiger partial charge in [-0.3, -0.25) is 0 Å². The van der Waals surface area contributed by atoms with Crippen molar-refractivity contribution < 1.29 is 0 Å². The number of fused-ring (bicyclic) bond motifs is 4. The zero-order valence-corrected chi connectivity index (χ0v) is 31.0. The first-order valence-corrected chi connectivity index (χ1v) is 19.1. The van der Waals surface area contributed by atoms with Gasteiger partial charge >= 0.3 is 0 Å². The molecule has 0 radical (unpaired) electrons. The van der Waals surface area contributed by atoms with Crippen LogP contribution in [0.5, 0.6) is 0 Å². The van der Waals surface area contributed by atoms with Gasteiger partial charge in [-0.15, -0.1) is 0 Å². The number of nitrogens with zero attached hydrogens (tertiary/aromatic N) is 2. The zero-order valence-electron chi connectivity index (χ0n) is 31.0. The standard InChI is InChI=1S/C53H40N2/c1-53(2)50-34-41(49-36-54(42-18-10-5-11-19-42)52-21-13-12-20-48(49)52)26-32-46(50)47-33-31-45(35-51(47)53)55(43-27-22-39(23-28-43)37-14-6-3-7-15-37)44-29-24-40(25-30-44)38-16-8-4-9-17-38/h3-36H,1-2H3. The quantitative estimate of drug-likeness (QED) is 0.160. The Morgan fingerprint density at radius 3 is 1.44 bits per heavy atom. The fourth-order valence-electron chi connectivity index (χ4n) is 8.56. The number of benzene rings is 8. The topological polar surface area (TPSA) is 8.17 Å².